The van der Waals surface area contributed by atoms with E-state index in [0.717, 1.165) is 32.2 Å². The lowest BCUT2D eigenvalue weighted by Crippen LogP contribution is -2.43. The molecular weight excluding hydrogens is 267 g/mol. The van der Waals surface area contributed by atoms with Crippen molar-refractivity contribution in [3.05, 3.63) is 24.0 Å². The molecule has 1 aromatic rings. The molecular formula is C13H19FN2O2S. The van der Waals surface area contributed by atoms with Crippen LogP contribution in [0.1, 0.15) is 13.3 Å². The zero-order valence-electron chi connectivity index (χ0n) is 11.0. The molecule has 0 bridgehead atoms. The van der Waals surface area contributed by atoms with Crippen LogP contribution in [0.15, 0.2) is 23.1 Å². The first-order valence-corrected chi connectivity index (χ1v) is 8.18. The Morgan fingerprint density at radius 3 is 2.58 bits per heavy atom. The van der Waals surface area contributed by atoms with Crippen LogP contribution >= 0.6 is 0 Å². The average Bonchev–Trinajstić information content (AvgIpc) is 2.39. The molecule has 0 spiro atoms. The second kappa shape index (κ2) is 5.88. The summed E-state index contributed by atoms with van der Waals surface area (Å²) in [5.74, 6) is -0.404. The quantitative estimate of drug-likeness (QED) is 0.909. The van der Waals surface area contributed by atoms with Gasteiger partial charge in [0.05, 0.1) is 16.3 Å². The molecule has 0 aromatic heterocycles. The molecule has 0 unspecified atom stereocenters. The van der Waals surface area contributed by atoms with Gasteiger partial charge in [0, 0.05) is 26.2 Å². The molecule has 1 aliphatic heterocycles. The molecule has 0 amide bonds. The first kappa shape index (κ1) is 14.3. The van der Waals surface area contributed by atoms with E-state index in [4.69, 9.17) is 0 Å². The number of anilines is 1. The average molecular weight is 286 g/mol. The van der Waals surface area contributed by atoms with Gasteiger partial charge in [0.25, 0.3) is 0 Å². The summed E-state index contributed by atoms with van der Waals surface area (Å²) in [5, 5.41) is 3.20. The maximum atomic E-state index is 14.1. The monoisotopic (exact) mass is 286 g/mol. The maximum absolute atomic E-state index is 14.1. The molecule has 1 fully saturated rings. The van der Waals surface area contributed by atoms with E-state index >= 15 is 0 Å². The fourth-order valence-corrected chi connectivity index (χ4v) is 3.56. The van der Waals surface area contributed by atoms with E-state index in [1.54, 1.807) is 13.0 Å². The van der Waals surface area contributed by atoms with E-state index in [9.17, 15) is 12.8 Å². The highest BCUT2D eigenvalue weighted by Gasteiger charge is 2.19. The Morgan fingerprint density at radius 1 is 1.32 bits per heavy atom. The third-order valence-corrected chi connectivity index (χ3v) is 5.13. The van der Waals surface area contributed by atoms with Gasteiger partial charge in [0.1, 0.15) is 5.82 Å². The van der Waals surface area contributed by atoms with Gasteiger partial charge in [-0.15, -0.1) is 0 Å². The van der Waals surface area contributed by atoms with Crippen LogP contribution in [0.25, 0.3) is 0 Å². The summed E-state index contributed by atoms with van der Waals surface area (Å²) in [7, 11) is -3.35. The van der Waals surface area contributed by atoms with Crippen LogP contribution in [0.2, 0.25) is 0 Å². The van der Waals surface area contributed by atoms with Gasteiger partial charge in [-0.2, -0.15) is 0 Å². The van der Waals surface area contributed by atoms with E-state index in [1.807, 2.05) is 4.90 Å². The fourth-order valence-electron chi connectivity index (χ4n) is 2.23. The molecule has 6 heteroatoms. The number of rotatable bonds is 4. The van der Waals surface area contributed by atoms with Crippen molar-refractivity contribution in [3.8, 4) is 0 Å². The smallest absolute Gasteiger partial charge is 0.178 e. The number of sulfone groups is 1. The van der Waals surface area contributed by atoms with Gasteiger partial charge >= 0.3 is 0 Å². The Bertz CT molecular complexity index is 540. The lowest BCUT2D eigenvalue weighted by Gasteiger charge is -2.29. The Kier molecular flexibility index (Phi) is 4.42. The summed E-state index contributed by atoms with van der Waals surface area (Å²) in [6.45, 7) is 4.89. The van der Waals surface area contributed by atoms with Crippen molar-refractivity contribution in [3.63, 3.8) is 0 Å². The number of nitrogens with one attached hydrogen (secondary N) is 1. The molecule has 1 N–H and O–H groups in total. The van der Waals surface area contributed by atoms with Crippen molar-refractivity contribution in [2.45, 2.75) is 18.2 Å². The van der Waals surface area contributed by atoms with Crippen molar-refractivity contribution in [2.24, 2.45) is 0 Å². The van der Waals surface area contributed by atoms with Gasteiger partial charge in [-0.05, 0) is 24.6 Å². The zero-order valence-corrected chi connectivity index (χ0v) is 11.8. The van der Waals surface area contributed by atoms with Crippen molar-refractivity contribution in [1.29, 1.82) is 0 Å². The molecule has 0 aliphatic carbocycles. The van der Waals surface area contributed by atoms with E-state index in [0.29, 0.717) is 12.1 Å². The number of nitrogens with zero attached hydrogens (tertiary/aromatic N) is 1. The summed E-state index contributed by atoms with van der Waals surface area (Å²) in [4.78, 5) is 2.01. The Labute approximate surface area is 113 Å². The molecule has 1 saturated heterocycles. The highest BCUT2D eigenvalue weighted by molar-refractivity contribution is 7.91. The molecule has 106 valence electrons. The minimum absolute atomic E-state index is 0.0550. The summed E-state index contributed by atoms with van der Waals surface area (Å²) < 4.78 is 37.8. The number of benzene rings is 1. The molecule has 0 radical (unpaired) electrons. The largest absolute Gasteiger partial charge is 0.367 e. The lowest BCUT2D eigenvalue weighted by molar-refractivity contribution is 0.563. The Hall–Kier alpha value is -1.14. The van der Waals surface area contributed by atoms with Crippen LogP contribution in [0.4, 0.5) is 10.1 Å². The molecule has 2 rings (SSSR count). The maximum Gasteiger partial charge on any atom is 0.178 e. The Morgan fingerprint density at radius 2 is 2.00 bits per heavy atom. The van der Waals surface area contributed by atoms with Crippen LogP contribution in [0.5, 0.6) is 0 Å². The highest BCUT2D eigenvalue weighted by Crippen LogP contribution is 2.23. The molecule has 4 nitrogen and oxygen atoms in total. The van der Waals surface area contributed by atoms with Gasteiger partial charge < -0.3 is 10.2 Å². The van der Waals surface area contributed by atoms with Crippen LogP contribution < -0.4 is 10.2 Å². The van der Waals surface area contributed by atoms with E-state index in [2.05, 4.69) is 5.32 Å². The number of hydrogen-bond acceptors (Lipinski definition) is 4. The first-order valence-electron chi connectivity index (χ1n) is 6.52. The second-order valence-electron chi connectivity index (χ2n) is 4.67. The molecule has 1 aliphatic rings. The number of piperazine rings is 1. The number of hydrogen-bond donors (Lipinski definition) is 1. The SMILES string of the molecule is CCCS(=O)(=O)c1ccc(N2CCNCC2)c(F)c1. The summed E-state index contributed by atoms with van der Waals surface area (Å²) >= 11 is 0. The van der Waals surface area contributed by atoms with Crippen LogP contribution in [-0.4, -0.2) is 40.3 Å². The summed E-state index contributed by atoms with van der Waals surface area (Å²) in [6.07, 6.45) is 0.531. The predicted molar refractivity (Wildman–Crippen MR) is 73.8 cm³/mol. The van der Waals surface area contributed by atoms with E-state index in [1.165, 1.54) is 6.07 Å². The van der Waals surface area contributed by atoms with Crippen molar-refractivity contribution >= 4 is 15.5 Å². The van der Waals surface area contributed by atoms with Crippen LogP contribution in [0.3, 0.4) is 0 Å². The molecule has 0 saturated carbocycles. The molecule has 1 aromatic carbocycles. The Balaban J connectivity index is 2.26. The van der Waals surface area contributed by atoms with E-state index < -0.39 is 15.7 Å². The van der Waals surface area contributed by atoms with E-state index in [-0.39, 0.29) is 10.6 Å². The third-order valence-electron chi connectivity index (χ3n) is 3.21. The molecule has 0 atom stereocenters. The van der Waals surface area contributed by atoms with Crippen molar-refractivity contribution < 1.29 is 12.8 Å². The first-order chi connectivity index (χ1) is 9.04. The van der Waals surface area contributed by atoms with Crippen LogP contribution in [-0.2, 0) is 9.84 Å². The van der Waals surface area contributed by atoms with Crippen molar-refractivity contribution in [1.82, 2.24) is 5.32 Å². The van der Waals surface area contributed by atoms with Crippen molar-refractivity contribution in [2.75, 3.05) is 36.8 Å². The lowest BCUT2D eigenvalue weighted by atomic mass is 10.2. The topological polar surface area (TPSA) is 49.4 Å². The minimum atomic E-state index is -3.35. The highest BCUT2D eigenvalue weighted by atomic mass is 32.2. The minimum Gasteiger partial charge on any atom is -0.367 e. The van der Waals surface area contributed by atoms with Gasteiger partial charge in [-0.25, -0.2) is 12.8 Å². The van der Waals surface area contributed by atoms with Gasteiger partial charge in [0.2, 0.25) is 0 Å². The zero-order chi connectivity index (χ0) is 13.9. The van der Waals surface area contributed by atoms with Crippen LogP contribution in [0, 0.1) is 5.82 Å². The van der Waals surface area contributed by atoms with Gasteiger partial charge in [-0.1, -0.05) is 6.92 Å². The molecule has 1 heterocycles. The normalized spacial score (nSPS) is 16.6. The van der Waals surface area contributed by atoms with Gasteiger partial charge in [0.15, 0.2) is 9.84 Å². The second-order valence-corrected chi connectivity index (χ2v) is 6.78. The standard InChI is InChI=1S/C13H19FN2O2S/c1-2-9-19(17,18)11-3-4-13(12(14)10-11)16-7-5-15-6-8-16/h3-4,10,15H,2,5-9H2,1H3. The number of halogens is 1. The third kappa shape index (κ3) is 3.25. The van der Waals surface area contributed by atoms with Gasteiger partial charge in [-0.3, -0.25) is 0 Å². The summed E-state index contributed by atoms with van der Waals surface area (Å²) in [6, 6.07) is 4.22. The fraction of sp³-hybridized carbons (Fsp3) is 0.538. The summed E-state index contributed by atoms with van der Waals surface area (Å²) in [5.41, 5.74) is 0.483. The molecule has 19 heavy (non-hydrogen) atoms. The predicted octanol–water partition coefficient (Wildman–Crippen LogP) is 1.42.